The molecule has 0 unspecified atom stereocenters. The fourth-order valence-corrected chi connectivity index (χ4v) is 3.93. The molecule has 2 aromatic carbocycles. The minimum atomic E-state index is -3.67. The molecule has 0 aliphatic carbocycles. The van der Waals surface area contributed by atoms with Crippen molar-refractivity contribution in [1.29, 1.82) is 0 Å². The highest BCUT2D eigenvalue weighted by Gasteiger charge is 2.25. The van der Waals surface area contributed by atoms with E-state index in [2.05, 4.69) is 10.3 Å². The van der Waals surface area contributed by atoms with Gasteiger partial charge < -0.3 is 15.5 Å². The van der Waals surface area contributed by atoms with Gasteiger partial charge in [0.25, 0.3) is 0 Å². The molecule has 10 heteroatoms. The minimum absolute atomic E-state index is 0.0353. The zero-order valence-electron chi connectivity index (χ0n) is 16.3. The van der Waals surface area contributed by atoms with Crippen LogP contribution in [0.5, 0.6) is 11.5 Å². The Kier molecular flexibility index (Phi) is 6.16. The Morgan fingerprint density at radius 1 is 1.23 bits per heavy atom. The first kappa shape index (κ1) is 21.8. The number of nitrogens with zero attached hydrogens (tertiary/aromatic N) is 2. The summed E-state index contributed by atoms with van der Waals surface area (Å²) in [5.41, 5.74) is 1.12. The first-order chi connectivity index (χ1) is 14.1. The molecule has 0 aliphatic heterocycles. The molecule has 0 fully saturated rings. The van der Waals surface area contributed by atoms with E-state index in [1.807, 2.05) is 0 Å². The Hall–Kier alpha value is -2.88. The minimum Gasteiger partial charge on any atom is -0.508 e. The van der Waals surface area contributed by atoms with Crippen molar-refractivity contribution < 1.29 is 23.4 Å². The van der Waals surface area contributed by atoms with E-state index in [4.69, 9.17) is 11.6 Å². The van der Waals surface area contributed by atoms with Crippen molar-refractivity contribution in [3.8, 4) is 11.5 Å². The van der Waals surface area contributed by atoms with Gasteiger partial charge in [0.15, 0.2) is 12.0 Å². The van der Waals surface area contributed by atoms with Crippen LogP contribution in [-0.4, -0.2) is 43.2 Å². The summed E-state index contributed by atoms with van der Waals surface area (Å²) in [5, 5.41) is 24.5. The van der Waals surface area contributed by atoms with Crippen molar-refractivity contribution in [1.82, 2.24) is 10.3 Å². The third-order valence-corrected chi connectivity index (χ3v) is 6.15. The average Bonchev–Trinajstić information content (AvgIpc) is 2.70. The van der Waals surface area contributed by atoms with E-state index in [0.717, 1.165) is 10.6 Å². The van der Waals surface area contributed by atoms with Crippen LogP contribution in [0, 0.1) is 0 Å². The predicted octanol–water partition coefficient (Wildman–Crippen LogP) is 2.80. The zero-order chi connectivity index (χ0) is 22.1. The number of anilines is 1. The number of halogens is 1. The number of pyridine rings is 1. The van der Waals surface area contributed by atoms with Crippen LogP contribution in [0.15, 0.2) is 36.5 Å². The Morgan fingerprint density at radius 2 is 1.97 bits per heavy atom. The second-order valence-electron chi connectivity index (χ2n) is 6.71. The lowest BCUT2D eigenvalue weighted by Crippen LogP contribution is -2.28. The number of carbonyl (C=O) groups is 1. The van der Waals surface area contributed by atoms with Crippen LogP contribution in [0.3, 0.4) is 0 Å². The van der Waals surface area contributed by atoms with Crippen molar-refractivity contribution in [3.05, 3.63) is 58.2 Å². The number of nitrogens with one attached hydrogen (secondary N) is 1. The van der Waals surface area contributed by atoms with Crippen LogP contribution < -0.4 is 9.62 Å². The number of phenols is 2. The number of phenolic OH excluding ortho intramolecular Hbond substituents is 2. The highest BCUT2D eigenvalue weighted by Crippen LogP contribution is 2.39. The van der Waals surface area contributed by atoms with Crippen molar-refractivity contribution in [2.45, 2.75) is 13.1 Å². The van der Waals surface area contributed by atoms with Crippen LogP contribution in [0.1, 0.15) is 21.5 Å². The number of aldehydes is 1. The maximum absolute atomic E-state index is 12.3. The molecule has 0 bridgehead atoms. The van der Waals surface area contributed by atoms with E-state index in [1.54, 1.807) is 24.3 Å². The van der Waals surface area contributed by atoms with Crippen LogP contribution in [0.25, 0.3) is 10.9 Å². The van der Waals surface area contributed by atoms with Crippen molar-refractivity contribution in [2.75, 3.05) is 17.6 Å². The third kappa shape index (κ3) is 4.18. The Bertz CT molecular complexity index is 1230. The van der Waals surface area contributed by atoms with Gasteiger partial charge >= 0.3 is 0 Å². The lowest BCUT2D eigenvalue weighted by atomic mass is 9.99. The first-order valence-corrected chi connectivity index (χ1v) is 11.1. The number of carbonyl (C=O) groups excluding carboxylic acids is 1. The molecule has 1 aromatic heterocycles. The summed E-state index contributed by atoms with van der Waals surface area (Å²) in [4.78, 5) is 15.9. The number of benzene rings is 2. The Labute approximate surface area is 178 Å². The zero-order valence-corrected chi connectivity index (χ0v) is 17.8. The lowest BCUT2D eigenvalue weighted by Gasteiger charge is -2.24. The second kappa shape index (κ2) is 8.47. The molecule has 0 saturated carbocycles. The SMILES string of the molecule is CN(c1c(CNCc2cc(Cl)ccc2O)c(C=O)c(O)c2ncccc12)S(C)(=O)=O. The van der Waals surface area contributed by atoms with Gasteiger partial charge in [-0.2, -0.15) is 0 Å². The van der Waals surface area contributed by atoms with Gasteiger partial charge in [0.2, 0.25) is 10.0 Å². The molecule has 0 amide bonds. The fourth-order valence-electron chi connectivity index (χ4n) is 3.19. The number of sulfonamides is 1. The molecular formula is C20H20ClN3O5S. The van der Waals surface area contributed by atoms with E-state index in [-0.39, 0.29) is 46.9 Å². The normalized spacial score (nSPS) is 11.6. The molecule has 0 saturated heterocycles. The van der Waals surface area contributed by atoms with Gasteiger partial charge in [0.05, 0.1) is 17.5 Å². The van der Waals surface area contributed by atoms with Crippen LogP contribution in [0.2, 0.25) is 5.02 Å². The van der Waals surface area contributed by atoms with Crippen molar-refractivity contribution >= 4 is 44.5 Å². The lowest BCUT2D eigenvalue weighted by molar-refractivity contribution is 0.112. The molecule has 8 nitrogen and oxygen atoms in total. The number of rotatable bonds is 7. The van der Waals surface area contributed by atoms with E-state index < -0.39 is 10.0 Å². The molecule has 3 aromatic rings. The number of fused-ring (bicyclic) bond motifs is 1. The molecule has 0 spiro atoms. The predicted molar refractivity (Wildman–Crippen MR) is 116 cm³/mol. The van der Waals surface area contributed by atoms with E-state index in [9.17, 15) is 23.4 Å². The second-order valence-corrected chi connectivity index (χ2v) is 9.16. The highest BCUT2D eigenvalue weighted by atomic mass is 35.5. The highest BCUT2D eigenvalue weighted by molar-refractivity contribution is 7.92. The smallest absolute Gasteiger partial charge is 0.232 e. The van der Waals surface area contributed by atoms with Gasteiger partial charge in [0, 0.05) is 47.9 Å². The standard InChI is InChI=1S/C20H20ClN3O5S/c1-24(30(2,28)29)19-14-4-3-7-23-18(14)20(27)16(11-25)15(19)10-22-9-12-8-13(21)5-6-17(12)26/h3-8,11,22,26-27H,9-10H2,1-2H3. The van der Waals surface area contributed by atoms with Gasteiger partial charge in [-0.05, 0) is 30.3 Å². The number of hydrogen-bond acceptors (Lipinski definition) is 7. The first-order valence-electron chi connectivity index (χ1n) is 8.84. The van der Waals surface area contributed by atoms with Crippen molar-refractivity contribution in [2.24, 2.45) is 0 Å². The summed E-state index contributed by atoms with van der Waals surface area (Å²) < 4.78 is 25.6. The summed E-state index contributed by atoms with van der Waals surface area (Å²) in [6, 6.07) is 7.85. The Morgan fingerprint density at radius 3 is 2.63 bits per heavy atom. The summed E-state index contributed by atoms with van der Waals surface area (Å²) in [6.45, 7) is 0.228. The number of aromatic nitrogens is 1. The van der Waals surface area contributed by atoms with Crippen molar-refractivity contribution in [3.63, 3.8) is 0 Å². The van der Waals surface area contributed by atoms with Gasteiger partial charge in [-0.1, -0.05) is 11.6 Å². The maximum atomic E-state index is 12.3. The van der Waals surface area contributed by atoms with E-state index in [1.165, 1.54) is 19.3 Å². The van der Waals surface area contributed by atoms with E-state index in [0.29, 0.717) is 22.3 Å². The quantitative estimate of drug-likeness (QED) is 0.474. The molecular weight excluding hydrogens is 430 g/mol. The summed E-state index contributed by atoms with van der Waals surface area (Å²) in [5.74, 6) is -0.282. The molecule has 30 heavy (non-hydrogen) atoms. The van der Waals surface area contributed by atoms with Crippen LogP contribution in [-0.2, 0) is 23.1 Å². The van der Waals surface area contributed by atoms with Crippen LogP contribution in [0.4, 0.5) is 5.69 Å². The summed E-state index contributed by atoms with van der Waals surface area (Å²) in [6.07, 6.45) is 2.96. The Balaban J connectivity index is 2.12. The fraction of sp³-hybridized carbons (Fsp3) is 0.200. The van der Waals surface area contributed by atoms with Gasteiger partial charge in [-0.25, -0.2) is 8.42 Å². The molecule has 1 heterocycles. The molecule has 0 aliphatic rings. The molecule has 0 atom stereocenters. The largest absolute Gasteiger partial charge is 0.508 e. The topological polar surface area (TPSA) is 120 Å². The maximum Gasteiger partial charge on any atom is 0.232 e. The molecule has 3 N–H and O–H groups in total. The monoisotopic (exact) mass is 449 g/mol. The van der Waals surface area contributed by atoms with E-state index >= 15 is 0 Å². The summed E-state index contributed by atoms with van der Waals surface area (Å²) >= 11 is 5.96. The van der Waals surface area contributed by atoms with Gasteiger partial charge in [0.1, 0.15) is 11.3 Å². The number of hydrogen-bond donors (Lipinski definition) is 3. The molecule has 158 valence electrons. The summed E-state index contributed by atoms with van der Waals surface area (Å²) in [7, 11) is -2.30. The average molecular weight is 450 g/mol. The third-order valence-electron chi connectivity index (χ3n) is 4.74. The van der Waals surface area contributed by atoms with Gasteiger partial charge in [-0.15, -0.1) is 0 Å². The molecule has 0 radical (unpaired) electrons. The van der Waals surface area contributed by atoms with Crippen LogP contribution >= 0.6 is 11.6 Å². The number of aromatic hydroxyl groups is 2. The van der Waals surface area contributed by atoms with Gasteiger partial charge in [-0.3, -0.25) is 14.1 Å². The molecule has 3 rings (SSSR count).